The number of carbonyl (C=O) groups excluding carboxylic acids is 2. The van der Waals surface area contributed by atoms with Crippen molar-refractivity contribution < 1.29 is 18.7 Å². The van der Waals surface area contributed by atoms with Crippen molar-refractivity contribution in [3.63, 3.8) is 0 Å². The van der Waals surface area contributed by atoms with Crippen LogP contribution in [0.15, 0.2) is 18.2 Å². The van der Waals surface area contributed by atoms with Crippen molar-refractivity contribution in [3.8, 4) is 0 Å². The maximum atomic E-state index is 13.7. The van der Waals surface area contributed by atoms with E-state index in [-0.39, 0.29) is 36.1 Å². The number of carbonyl (C=O) groups is 2. The lowest BCUT2D eigenvalue weighted by Crippen LogP contribution is -2.32. The summed E-state index contributed by atoms with van der Waals surface area (Å²) in [4.78, 5) is 26.3. The van der Waals surface area contributed by atoms with Gasteiger partial charge in [-0.25, -0.2) is 4.39 Å². The Morgan fingerprint density at radius 2 is 2.26 bits per heavy atom. The lowest BCUT2D eigenvalue weighted by Gasteiger charge is -2.19. The quantitative estimate of drug-likeness (QED) is 0.926. The summed E-state index contributed by atoms with van der Waals surface area (Å²) < 4.78 is 19.5. The molecule has 124 valence electrons. The van der Waals surface area contributed by atoms with Crippen molar-refractivity contribution >= 4 is 17.5 Å². The third-order valence-electron chi connectivity index (χ3n) is 4.33. The van der Waals surface area contributed by atoms with Crippen LogP contribution >= 0.6 is 0 Å². The third-order valence-corrected chi connectivity index (χ3v) is 4.33. The highest BCUT2D eigenvalue weighted by molar-refractivity contribution is 6.05. The number of hydrogen-bond donors (Lipinski definition) is 1. The van der Waals surface area contributed by atoms with Gasteiger partial charge in [-0.3, -0.25) is 9.59 Å². The van der Waals surface area contributed by atoms with Gasteiger partial charge in [0.1, 0.15) is 5.82 Å². The fourth-order valence-electron chi connectivity index (χ4n) is 3.27. The monoisotopic (exact) mass is 320 g/mol. The molecule has 2 aliphatic heterocycles. The van der Waals surface area contributed by atoms with Crippen molar-refractivity contribution in [1.29, 1.82) is 0 Å². The van der Waals surface area contributed by atoms with Crippen molar-refractivity contribution in [2.45, 2.75) is 44.8 Å². The van der Waals surface area contributed by atoms with E-state index in [1.54, 1.807) is 17.0 Å². The Labute approximate surface area is 134 Å². The molecule has 23 heavy (non-hydrogen) atoms. The van der Waals surface area contributed by atoms with Crippen LogP contribution in [-0.4, -0.2) is 42.0 Å². The number of likely N-dealkylation sites (tertiary alicyclic amines) is 1. The fraction of sp³-hybridized carbons (Fsp3) is 0.529. The predicted octanol–water partition coefficient (Wildman–Crippen LogP) is 2.28. The molecule has 1 aromatic carbocycles. The standard InChI is InChI=1S/C17H21FN2O3/c1-10(2)23-11-6-7-20(9-11)15(21)8-13-12-4-3-5-14(18)16(12)19-17(13)22/h3-5,10-11,13H,6-9H2,1-2H3,(H,19,22)/t11-,13?/m1/s1. The molecule has 0 aliphatic carbocycles. The summed E-state index contributed by atoms with van der Waals surface area (Å²) in [5.74, 6) is -1.47. The van der Waals surface area contributed by atoms with Gasteiger partial charge < -0.3 is 15.0 Å². The summed E-state index contributed by atoms with van der Waals surface area (Å²) in [5.41, 5.74) is 0.773. The molecule has 2 amide bonds. The van der Waals surface area contributed by atoms with Crippen LogP contribution in [0.3, 0.4) is 0 Å². The van der Waals surface area contributed by atoms with E-state index in [1.165, 1.54) is 6.07 Å². The van der Waals surface area contributed by atoms with Gasteiger partial charge in [0, 0.05) is 19.5 Å². The molecule has 1 aromatic rings. The van der Waals surface area contributed by atoms with Crippen molar-refractivity contribution in [3.05, 3.63) is 29.6 Å². The van der Waals surface area contributed by atoms with Gasteiger partial charge >= 0.3 is 0 Å². The Kier molecular flexibility index (Phi) is 4.35. The summed E-state index contributed by atoms with van der Waals surface area (Å²) in [5, 5.41) is 2.54. The number of nitrogens with zero attached hydrogens (tertiary/aromatic N) is 1. The highest BCUT2D eigenvalue weighted by Gasteiger charge is 2.36. The van der Waals surface area contributed by atoms with Crippen LogP contribution in [0.1, 0.15) is 38.2 Å². The van der Waals surface area contributed by atoms with Gasteiger partial charge in [0.15, 0.2) is 0 Å². The van der Waals surface area contributed by atoms with Crippen molar-refractivity contribution in [1.82, 2.24) is 4.90 Å². The Morgan fingerprint density at radius 1 is 1.48 bits per heavy atom. The number of ether oxygens (including phenoxy) is 1. The average Bonchev–Trinajstić information content (AvgIpc) is 3.05. The predicted molar refractivity (Wildman–Crippen MR) is 83.6 cm³/mol. The Balaban J connectivity index is 1.66. The average molecular weight is 320 g/mol. The zero-order valence-electron chi connectivity index (χ0n) is 13.3. The van der Waals surface area contributed by atoms with E-state index >= 15 is 0 Å². The Bertz CT molecular complexity index is 632. The van der Waals surface area contributed by atoms with Gasteiger partial charge in [-0.2, -0.15) is 0 Å². The van der Waals surface area contributed by atoms with Crippen LogP contribution in [0.25, 0.3) is 0 Å². The molecular weight excluding hydrogens is 299 g/mol. The largest absolute Gasteiger partial charge is 0.374 e. The lowest BCUT2D eigenvalue weighted by atomic mass is 9.96. The zero-order chi connectivity index (χ0) is 16.6. The molecule has 2 aliphatic rings. The van der Waals surface area contributed by atoms with Crippen LogP contribution in [-0.2, 0) is 14.3 Å². The topological polar surface area (TPSA) is 58.6 Å². The van der Waals surface area contributed by atoms with Gasteiger partial charge in [0.05, 0.1) is 23.8 Å². The van der Waals surface area contributed by atoms with Gasteiger partial charge in [-0.15, -0.1) is 0 Å². The normalized spacial score (nSPS) is 23.3. The third kappa shape index (κ3) is 3.22. The number of rotatable bonds is 4. The first-order chi connectivity index (χ1) is 11.0. The summed E-state index contributed by atoms with van der Waals surface area (Å²) in [6, 6.07) is 4.56. The molecule has 1 unspecified atom stereocenters. The van der Waals surface area contributed by atoms with Gasteiger partial charge in [-0.1, -0.05) is 12.1 Å². The maximum Gasteiger partial charge on any atom is 0.232 e. The number of benzene rings is 1. The minimum absolute atomic E-state index is 0.0566. The van der Waals surface area contributed by atoms with Crippen LogP contribution in [0.4, 0.5) is 10.1 Å². The summed E-state index contributed by atoms with van der Waals surface area (Å²) in [6.07, 6.45) is 1.06. The summed E-state index contributed by atoms with van der Waals surface area (Å²) in [7, 11) is 0. The molecule has 1 N–H and O–H groups in total. The van der Waals surface area contributed by atoms with Gasteiger partial charge in [0.2, 0.25) is 11.8 Å². The number of amides is 2. The molecule has 0 spiro atoms. The number of hydrogen-bond acceptors (Lipinski definition) is 3. The van der Waals surface area contributed by atoms with E-state index in [0.29, 0.717) is 18.7 Å². The highest BCUT2D eigenvalue weighted by Crippen LogP contribution is 2.36. The van der Waals surface area contributed by atoms with E-state index in [1.807, 2.05) is 13.8 Å². The van der Waals surface area contributed by atoms with Gasteiger partial charge in [0.25, 0.3) is 0 Å². The smallest absolute Gasteiger partial charge is 0.232 e. The molecule has 0 radical (unpaired) electrons. The number of anilines is 1. The van der Waals surface area contributed by atoms with Crippen LogP contribution in [0.2, 0.25) is 0 Å². The zero-order valence-corrected chi connectivity index (χ0v) is 13.3. The first-order valence-electron chi connectivity index (χ1n) is 7.98. The van der Waals surface area contributed by atoms with Crippen molar-refractivity contribution in [2.75, 3.05) is 18.4 Å². The molecule has 5 nitrogen and oxygen atoms in total. The van der Waals surface area contributed by atoms with Crippen molar-refractivity contribution in [2.24, 2.45) is 0 Å². The number of para-hydroxylation sites is 1. The molecule has 2 atom stereocenters. The minimum atomic E-state index is -0.613. The molecule has 0 aromatic heterocycles. The Hall–Kier alpha value is -1.95. The van der Waals surface area contributed by atoms with E-state index < -0.39 is 11.7 Å². The summed E-state index contributed by atoms with van der Waals surface area (Å²) >= 11 is 0. The van der Waals surface area contributed by atoms with Crippen LogP contribution in [0.5, 0.6) is 0 Å². The lowest BCUT2D eigenvalue weighted by molar-refractivity contribution is -0.133. The molecule has 2 heterocycles. The highest BCUT2D eigenvalue weighted by atomic mass is 19.1. The van der Waals surface area contributed by atoms with Gasteiger partial charge in [-0.05, 0) is 31.9 Å². The Morgan fingerprint density at radius 3 is 3.00 bits per heavy atom. The number of nitrogens with one attached hydrogen (secondary N) is 1. The van der Waals surface area contributed by atoms with Crippen LogP contribution < -0.4 is 5.32 Å². The van der Waals surface area contributed by atoms with E-state index in [0.717, 1.165) is 6.42 Å². The molecule has 0 bridgehead atoms. The molecule has 0 saturated carbocycles. The number of fused-ring (bicyclic) bond motifs is 1. The first-order valence-corrected chi connectivity index (χ1v) is 7.98. The SMILES string of the molecule is CC(C)O[C@@H]1CCN(C(=O)CC2C(=O)Nc3c(F)cccc32)C1. The van der Waals surface area contributed by atoms with Crippen LogP contribution in [0, 0.1) is 5.82 Å². The molecule has 3 rings (SSSR count). The van der Waals surface area contributed by atoms with E-state index in [2.05, 4.69) is 5.32 Å². The molecule has 1 saturated heterocycles. The minimum Gasteiger partial charge on any atom is -0.374 e. The first kappa shape index (κ1) is 15.9. The second-order valence-electron chi connectivity index (χ2n) is 6.39. The fourth-order valence-corrected chi connectivity index (χ4v) is 3.27. The molecule has 6 heteroatoms. The van der Waals surface area contributed by atoms with E-state index in [4.69, 9.17) is 4.74 Å². The number of halogens is 1. The summed E-state index contributed by atoms with van der Waals surface area (Å²) in [6.45, 7) is 5.14. The molecule has 1 fully saturated rings. The van der Waals surface area contributed by atoms with E-state index in [9.17, 15) is 14.0 Å². The maximum absolute atomic E-state index is 13.7. The second-order valence-corrected chi connectivity index (χ2v) is 6.39. The second kappa shape index (κ2) is 6.28. The molecular formula is C17H21FN2O3.